The Morgan fingerprint density at radius 1 is 1.26 bits per heavy atom. The van der Waals surface area contributed by atoms with Crippen LogP contribution in [0.5, 0.6) is 0 Å². The fraction of sp³-hybridized carbons (Fsp3) is 0.350. The number of hydrogen-bond donors (Lipinski definition) is 1. The Morgan fingerprint density at radius 2 is 2.04 bits per heavy atom. The fourth-order valence-corrected chi connectivity index (χ4v) is 3.95. The predicted molar refractivity (Wildman–Crippen MR) is 106 cm³/mol. The molecule has 1 fully saturated rings. The number of likely N-dealkylation sites (tertiary alicyclic amines) is 1. The Labute approximate surface area is 162 Å². The highest BCUT2D eigenvalue weighted by Crippen LogP contribution is 2.23. The van der Waals surface area contributed by atoms with Gasteiger partial charge in [0.25, 0.3) is 11.8 Å². The molecule has 142 valence electrons. The first-order valence-electron chi connectivity index (χ1n) is 9.00. The van der Waals surface area contributed by atoms with Crippen molar-refractivity contribution in [3.05, 3.63) is 52.2 Å². The third-order valence-corrected chi connectivity index (χ3v) is 5.45. The summed E-state index contributed by atoms with van der Waals surface area (Å²) in [5.41, 5.74) is 0.967. The van der Waals surface area contributed by atoms with E-state index in [1.165, 1.54) is 16.2 Å². The minimum absolute atomic E-state index is 0.0698. The van der Waals surface area contributed by atoms with Gasteiger partial charge >= 0.3 is 0 Å². The minimum atomic E-state index is -0.271. The number of carbonyl (C=O) groups excluding carboxylic acids is 3. The standard InChI is InChI=1S/C20H23N3O3S/c1-3-10-23-13-14(12-18(23)24)21-19(25)15-7-4-5-8-16(15)22(2)20(26)17-9-6-11-27-17/h4-9,11,14H,3,10,12-13H2,1-2H3,(H,21,25). The molecule has 0 radical (unpaired) electrons. The molecule has 0 bridgehead atoms. The van der Waals surface area contributed by atoms with Gasteiger partial charge in [0, 0.05) is 26.6 Å². The monoisotopic (exact) mass is 385 g/mol. The quantitative estimate of drug-likeness (QED) is 0.831. The summed E-state index contributed by atoms with van der Waals surface area (Å²) in [6, 6.07) is 10.4. The van der Waals surface area contributed by atoms with E-state index in [2.05, 4.69) is 5.32 Å². The third kappa shape index (κ3) is 4.19. The number of nitrogens with zero attached hydrogens (tertiary/aromatic N) is 2. The van der Waals surface area contributed by atoms with Crippen LogP contribution in [0.2, 0.25) is 0 Å². The van der Waals surface area contributed by atoms with E-state index >= 15 is 0 Å². The van der Waals surface area contributed by atoms with Gasteiger partial charge in [0.05, 0.1) is 22.2 Å². The Morgan fingerprint density at radius 3 is 2.74 bits per heavy atom. The third-order valence-electron chi connectivity index (χ3n) is 4.59. The zero-order chi connectivity index (χ0) is 19.4. The molecule has 1 atom stereocenters. The molecule has 2 heterocycles. The van der Waals surface area contributed by atoms with Gasteiger partial charge in [-0.15, -0.1) is 11.3 Å². The predicted octanol–water partition coefficient (Wildman–Crippen LogP) is 2.77. The number of nitrogens with one attached hydrogen (secondary N) is 1. The van der Waals surface area contributed by atoms with E-state index in [0.29, 0.717) is 35.6 Å². The van der Waals surface area contributed by atoms with Crippen molar-refractivity contribution in [2.75, 3.05) is 25.0 Å². The lowest BCUT2D eigenvalue weighted by atomic mass is 10.1. The average Bonchev–Trinajstić information content (AvgIpc) is 3.31. The molecule has 0 aliphatic carbocycles. The van der Waals surface area contributed by atoms with E-state index in [1.54, 1.807) is 42.3 Å². The van der Waals surface area contributed by atoms with Gasteiger partial charge in [-0.25, -0.2) is 0 Å². The maximum absolute atomic E-state index is 12.8. The van der Waals surface area contributed by atoms with Crippen LogP contribution in [0, 0.1) is 0 Å². The summed E-state index contributed by atoms with van der Waals surface area (Å²) in [4.78, 5) is 41.4. The van der Waals surface area contributed by atoms with E-state index in [0.717, 1.165) is 6.42 Å². The average molecular weight is 385 g/mol. The normalized spacial score (nSPS) is 16.4. The van der Waals surface area contributed by atoms with E-state index in [4.69, 9.17) is 0 Å². The van der Waals surface area contributed by atoms with E-state index in [9.17, 15) is 14.4 Å². The second kappa shape index (κ2) is 8.35. The van der Waals surface area contributed by atoms with E-state index in [-0.39, 0.29) is 23.8 Å². The summed E-state index contributed by atoms with van der Waals surface area (Å²) in [5, 5.41) is 4.79. The van der Waals surface area contributed by atoms with Crippen molar-refractivity contribution in [3.8, 4) is 0 Å². The fourth-order valence-electron chi connectivity index (χ4n) is 3.25. The Bertz CT molecular complexity index is 835. The van der Waals surface area contributed by atoms with Crippen LogP contribution < -0.4 is 10.2 Å². The summed E-state index contributed by atoms with van der Waals surface area (Å²) in [6.45, 7) is 3.26. The van der Waals surface area contributed by atoms with Gasteiger partial charge in [0.2, 0.25) is 5.91 Å². The first-order chi connectivity index (χ1) is 13.0. The van der Waals surface area contributed by atoms with Gasteiger partial charge in [0.15, 0.2) is 0 Å². The van der Waals surface area contributed by atoms with Crippen molar-refractivity contribution >= 4 is 34.7 Å². The highest BCUT2D eigenvalue weighted by Gasteiger charge is 2.31. The molecule has 1 aliphatic heterocycles. The SMILES string of the molecule is CCCN1CC(NC(=O)c2ccccc2N(C)C(=O)c2cccs2)CC1=O. The molecule has 27 heavy (non-hydrogen) atoms. The maximum atomic E-state index is 12.8. The maximum Gasteiger partial charge on any atom is 0.268 e. The molecule has 1 aromatic carbocycles. The molecule has 1 unspecified atom stereocenters. The molecule has 1 aliphatic rings. The molecule has 3 rings (SSSR count). The van der Waals surface area contributed by atoms with Crippen molar-refractivity contribution < 1.29 is 14.4 Å². The highest BCUT2D eigenvalue weighted by atomic mass is 32.1. The molecule has 1 aromatic heterocycles. The molecule has 0 saturated carbocycles. The van der Waals surface area contributed by atoms with Crippen LogP contribution in [0.4, 0.5) is 5.69 Å². The second-order valence-corrected chi connectivity index (χ2v) is 7.52. The van der Waals surface area contributed by atoms with Crippen molar-refractivity contribution in [2.45, 2.75) is 25.8 Å². The molecule has 3 amide bonds. The molecule has 6 nitrogen and oxygen atoms in total. The summed E-state index contributed by atoms with van der Waals surface area (Å²) in [6.07, 6.45) is 1.21. The van der Waals surface area contributed by atoms with Crippen LogP contribution >= 0.6 is 11.3 Å². The van der Waals surface area contributed by atoms with Crippen LogP contribution in [0.25, 0.3) is 0 Å². The number of para-hydroxylation sites is 1. The molecule has 2 aromatic rings. The van der Waals surface area contributed by atoms with Crippen LogP contribution in [0.15, 0.2) is 41.8 Å². The van der Waals surface area contributed by atoms with Gasteiger partial charge in [-0.2, -0.15) is 0 Å². The van der Waals surface area contributed by atoms with Gasteiger partial charge < -0.3 is 15.1 Å². The number of carbonyl (C=O) groups is 3. The number of anilines is 1. The summed E-state index contributed by atoms with van der Waals surface area (Å²) >= 11 is 1.36. The number of hydrogen-bond acceptors (Lipinski definition) is 4. The van der Waals surface area contributed by atoms with Crippen molar-refractivity contribution in [2.24, 2.45) is 0 Å². The lowest BCUT2D eigenvalue weighted by molar-refractivity contribution is -0.127. The first-order valence-corrected chi connectivity index (χ1v) is 9.88. The Kier molecular flexibility index (Phi) is 5.91. The van der Waals surface area contributed by atoms with Crippen LogP contribution in [0.1, 0.15) is 39.8 Å². The number of amides is 3. The van der Waals surface area contributed by atoms with Gasteiger partial charge in [-0.05, 0) is 30.0 Å². The molecule has 1 saturated heterocycles. The molecular formula is C20H23N3O3S. The largest absolute Gasteiger partial charge is 0.347 e. The van der Waals surface area contributed by atoms with E-state index in [1.807, 2.05) is 18.4 Å². The number of benzene rings is 1. The molecular weight excluding hydrogens is 362 g/mol. The first kappa shape index (κ1) is 19.1. The van der Waals surface area contributed by atoms with Gasteiger partial charge in [0.1, 0.15) is 0 Å². The van der Waals surface area contributed by atoms with Gasteiger partial charge in [-0.3, -0.25) is 14.4 Å². The van der Waals surface area contributed by atoms with E-state index < -0.39 is 0 Å². The lowest BCUT2D eigenvalue weighted by Crippen LogP contribution is -2.38. The van der Waals surface area contributed by atoms with Gasteiger partial charge in [-0.1, -0.05) is 25.1 Å². The van der Waals surface area contributed by atoms with Crippen LogP contribution in [-0.4, -0.2) is 48.8 Å². The molecule has 7 heteroatoms. The zero-order valence-corrected chi connectivity index (χ0v) is 16.3. The zero-order valence-electron chi connectivity index (χ0n) is 15.5. The number of thiophene rings is 1. The lowest BCUT2D eigenvalue weighted by Gasteiger charge is -2.21. The molecule has 0 spiro atoms. The van der Waals surface area contributed by atoms with Crippen molar-refractivity contribution in [1.29, 1.82) is 0 Å². The van der Waals surface area contributed by atoms with Crippen LogP contribution in [0.3, 0.4) is 0 Å². The summed E-state index contributed by atoms with van der Waals surface area (Å²) in [5.74, 6) is -0.358. The topological polar surface area (TPSA) is 69.7 Å². The highest BCUT2D eigenvalue weighted by molar-refractivity contribution is 7.12. The Balaban J connectivity index is 1.74. The Hall–Kier alpha value is -2.67. The summed E-state index contributed by atoms with van der Waals surface area (Å²) in [7, 11) is 1.66. The summed E-state index contributed by atoms with van der Waals surface area (Å²) < 4.78 is 0. The minimum Gasteiger partial charge on any atom is -0.347 e. The van der Waals surface area contributed by atoms with Crippen LogP contribution in [-0.2, 0) is 4.79 Å². The molecule has 1 N–H and O–H groups in total. The number of rotatable bonds is 6. The van der Waals surface area contributed by atoms with Crippen molar-refractivity contribution in [3.63, 3.8) is 0 Å². The smallest absolute Gasteiger partial charge is 0.268 e. The second-order valence-electron chi connectivity index (χ2n) is 6.57. The van der Waals surface area contributed by atoms with Crippen molar-refractivity contribution in [1.82, 2.24) is 10.2 Å².